The molecule has 0 amide bonds. The van der Waals surface area contributed by atoms with Gasteiger partial charge in [0.15, 0.2) is 0 Å². The Morgan fingerprint density at radius 1 is 0.543 bits per heavy atom. The molecule has 0 spiro atoms. The number of hydrogen-bond donors (Lipinski definition) is 0. The first kappa shape index (κ1) is 28.9. The SMILES string of the molecule is [B]c1c([B])c([B])c(-n2c3ccccc3c3cc4nc5n(c4cc32)C(C)(C)C(C)(C)N5c2cccc(-c3ccccc3)c2)c([B])c1[B]. The number of para-hydroxylation sites is 1. The highest BCUT2D eigenvalue weighted by atomic mass is 15.4. The molecule has 0 bridgehead atoms. The molecular weight excluding hydrogens is 554 g/mol. The lowest BCUT2D eigenvalue weighted by molar-refractivity contribution is 0.253. The molecule has 46 heavy (non-hydrogen) atoms. The van der Waals surface area contributed by atoms with Gasteiger partial charge in [-0.2, -0.15) is 0 Å². The van der Waals surface area contributed by atoms with Crippen LogP contribution in [-0.2, 0) is 5.54 Å². The smallest absolute Gasteiger partial charge is 0.212 e. The molecule has 0 saturated carbocycles. The Morgan fingerprint density at radius 3 is 1.89 bits per heavy atom. The average molecular weight is 582 g/mol. The molecule has 1 aliphatic rings. The molecule has 0 fully saturated rings. The molecule has 9 heteroatoms. The van der Waals surface area contributed by atoms with Crippen LogP contribution in [0.15, 0.2) is 91.0 Å². The summed E-state index contributed by atoms with van der Waals surface area (Å²) in [7, 11) is 32.2. The third-order valence-corrected chi connectivity index (χ3v) is 10.4. The van der Waals surface area contributed by atoms with Crippen LogP contribution in [0.1, 0.15) is 27.7 Å². The third kappa shape index (κ3) is 3.72. The van der Waals surface area contributed by atoms with E-state index in [1.54, 1.807) is 0 Å². The van der Waals surface area contributed by atoms with Gasteiger partial charge in [0.1, 0.15) is 39.2 Å². The highest BCUT2D eigenvalue weighted by Crippen LogP contribution is 2.52. The highest BCUT2D eigenvalue weighted by molar-refractivity contribution is 6.68. The maximum Gasteiger partial charge on any atom is 0.212 e. The summed E-state index contributed by atoms with van der Waals surface area (Å²) >= 11 is 0. The number of imidazole rings is 1. The minimum Gasteiger partial charge on any atom is -0.310 e. The number of fused-ring (bicyclic) bond motifs is 6. The van der Waals surface area contributed by atoms with E-state index < -0.39 is 0 Å². The first-order chi connectivity index (χ1) is 21.9. The normalized spacial score (nSPS) is 15.3. The first-order valence-electron chi connectivity index (χ1n) is 15.4. The number of aromatic nitrogens is 3. The summed E-state index contributed by atoms with van der Waals surface area (Å²) in [6.45, 7) is 9.10. The lowest BCUT2D eigenvalue weighted by atomic mass is 9.61. The van der Waals surface area contributed by atoms with Crippen molar-refractivity contribution in [1.29, 1.82) is 0 Å². The van der Waals surface area contributed by atoms with E-state index in [0.717, 1.165) is 50.0 Å². The maximum atomic E-state index is 6.64. The molecular formula is C37H27B5N4. The van der Waals surface area contributed by atoms with Gasteiger partial charge in [-0.05, 0) is 69.2 Å². The summed E-state index contributed by atoms with van der Waals surface area (Å²) in [5.41, 5.74) is 8.20. The number of nitrogens with zero attached hydrogens (tertiary/aromatic N) is 4. The van der Waals surface area contributed by atoms with Crippen molar-refractivity contribution in [2.45, 2.75) is 38.8 Å². The lowest BCUT2D eigenvalue weighted by Gasteiger charge is -2.41. The summed E-state index contributed by atoms with van der Waals surface area (Å²) in [5, 5.41) is 2.05. The Bertz CT molecular complexity index is 2360. The van der Waals surface area contributed by atoms with Crippen molar-refractivity contribution in [3.63, 3.8) is 0 Å². The molecule has 7 aromatic rings. The van der Waals surface area contributed by atoms with Gasteiger partial charge in [-0.3, -0.25) is 0 Å². The second-order valence-corrected chi connectivity index (χ2v) is 13.2. The molecule has 0 atom stereocenters. The Labute approximate surface area is 275 Å². The molecule has 1 aliphatic heterocycles. The topological polar surface area (TPSA) is 26.0 Å². The predicted molar refractivity (Wildman–Crippen MR) is 198 cm³/mol. The van der Waals surface area contributed by atoms with Crippen LogP contribution in [0.4, 0.5) is 11.6 Å². The van der Waals surface area contributed by atoms with E-state index in [4.69, 9.17) is 44.2 Å². The van der Waals surface area contributed by atoms with Crippen LogP contribution in [0.25, 0.3) is 49.7 Å². The van der Waals surface area contributed by atoms with Gasteiger partial charge in [0, 0.05) is 22.1 Å². The van der Waals surface area contributed by atoms with Gasteiger partial charge in [0.05, 0.1) is 33.1 Å². The van der Waals surface area contributed by atoms with E-state index in [1.807, 2.05) is 24.3 Å². The monoisotopic (exact) mass is 582 g/mol. The molecule has 2 aromatic heterocycles. The molecule has 0 N–H and O–H groups in total. The number of rotatable bonds is 3. The molecule has 3 heterocycles. The van der Waals surface area contributed by atoms with Crippen molar-refractivity contribution in [1.82, 2.24) is 14.1 Å². The summed E-state index contributed by atoms with van der Waals surface area (Å²) in [4.78, 5) is 7.70. The van der Waals surface area contributed by atoms with Crippen molar-refractivity contribution in [2.24, 2.45) is 0 Å². The standard InChI is InChI=1S/C37H27B5N4/c1-36(2)37(3,4)46-28-19-27-24(23-15-8-9-16-26(23)44(27)34-32(41)30(39)29(38)31(40)33(34)42)18-25(28)43-35(46)45(36)22-14-10-13-21(17-22)20-11-6-5-7-12-20/h5-19H,1-4H3. The summed E-state index contributed by atoms with van der Waals surface area (Å²) in [5.74, 6) is 0.888. The van der Waals surface area contributed by atoms with Gasteiger partial charge in [-0.15, -0.1) is 16.4 Å². The van der Waals surface area contributed by atoms with Crippen LogP contribution in [0.3, 0.4) is 0 Å². The summed E-state index contributed by atoms with van der Waals surface area (Å²) in [6, 6.07) is 31.6. The first-order valence-corrected chi connectivity index (χ1v) is 15.4. The fourth-order valence-corrected chi connectivity index (χ4v) is 7.24. The average Bonchev–Trinajstić information content (AvgIpc) is 3.62. The van der Waals surface area contributed by atoms with Crippen molar-refractivity contribution in [3.05, 3.63) is 91.0 Å². The van der Waals surface area contributed by atoms with E-state index in [2.05, 4.69) is 108 Å². The van der Waals surface area contributed by atoms with Crippen LogP contribution in [0.5, 0.6) is 0 Å². The molecule has 4 nitrogen and oxygen atoms in total. The summed E-state index contributed by atoms with van der Waals surface area (Å²) < 4.78 is 4.41. The number of hydrogen-bond acceptors (Lipinski definition) is 2. The van der Waals surface area contributed by atoms with Gasteiger partial charge in [-0.25, -0.2) is 4.98 Å². The Hall–Kier alpha value is -4.51. The molecule has 210 valence electrons. The third-order valence-electron chi connectivity index (χ3n) is 10.4. The molecule has 0 aliphatic carbocycles. The van der Waals surface area contributed by atoms with E-state index in [0.29, 0.717) is 5.69 Å². The van der Waals surface area contributed by atoms with Gasteiger partial charge in [0.2, 0.25) is 5.95 Å². The van der Waals surface area contributed by atoms with Crippen LogP contribution in [0, 0.1) is 0 Å². The van der Waals surface area contributed by atoms with Crippen molar-refractivity contribution in [3.8, 4) is 16.8 Å². The van der Waals surface area contributed by atoms with Crippen molar-refractivity contribution >= 4 is 111 Å². The zero-order valence-corrected chi connectivity index (χ0v) is 26.3. The second kappa shape index (κ2) is 9.75. The van der Waals surface area contributed by atoms with Crippen LogP contribution < -0.4 is 32.2 Å². The fraction of sp³-hybridized carbons (Fsp3) is 0.162. The van der Waals surface area contributed by atoms with Crippen LogP contribution in [0.2, 0.25) is 0 Å². The minimum absolute atomic E-state index is 0.191. The lowest BCUT2D eigenvalue weighted by Crippen LogP contribution is -2.56. The molecule has 5 aromatic carbocycles. The second-order valence-electron chi connectivity index (χ2n) is 13.2. The zero-order valence-electron chi connectivity index (χ0n) is 26.3. The van der Waals surface area contributed by atoms with E-state index >= 15 is 0 Å². The van der Waals surface area contributed by atoms with E-state index in [1.165, 1.54) is 5.56 Å². The maximum absolute atomic E-state index is 6.64. The Kier molecular flexibility index (Phi) is 6.13. The largest absolute Gasteiger partial charge is 0.310 e. The molecule has 0 saturated heterocycles. The Morgan fingerprint density at radius 2 is 1.17 bits per heavy atom. The van der Waals surface area contributed by atoms with Crippen molar-refractivity contribution in [2.75, 3.05) is 4.90 Å². The predicted octanol–water partition coefficient (Wildman–Crippen LogP) is 3.43. The van der Waals surface area contributed by atoms with Gasteiger partial charge < -0.3 is 14.0 Å². The zero-order chi connectivity index (χ0) is 32.3. The molecule has 0 unspecified atom stereocenters. The number of benzene rings is 5. The van der Waals surface area contributed by atoms with Crippen LogP contribution >= 0.6 is 0 Å². The molecule has 10 radical (unpaired) electrons. The summed E-state index contributed by atoms with van der Waals surface area (Å²) in [6.07, 6.45) is 0. The number of anilines is 2. The minimum atomic E-state index is -0.349. The van der Waals surface area contributed by atoms with Gasteiger partial charge in [-0.1, -0.05) is 71.6 Å². The quantitative estimate of drug-likeness (QED) is 0.299. The van der Waals surface area contributed by atoms with E-state index in [9.17, 15) is 0 Å². The fourth-order valence-electron chi connectivity index (χ4n) is 7.24. The van der Waals surface area contributed by atoms with Gasteiger partial charge in [0.25, 0.3) is 0 Å². The van der Waals surface area contributed by atoms with Crippen molar-refractivity contribution < 1.29 is 0 Å². The molecule has 8 rings (SSSR count). The highest BCUT2D eigenvalue weighted by Gasteiger charge is 2.53. The Balaban J connectivity index is 1.43. The van der Waals surface area contributed by atoms with Gasteiger partial charge >= 0.3 is 0 Å². The van der Waals surface area contributed by atoms with E-state index in [-0.39, 0.29) is 38.4 Å². The van der Waals surface area contributed by atoms with Crippen LogP contribution in [-0.4, -0.2) is 58.9 Å².